The number of cyclic esters (lactones) is 1. The minimum absolute atomic E-state index is 0.0711. The van der Waals surface area contributed by atoms with Gasteiger partial charge in [-0.2, -0.15) is 5.10 Å². The van der Waals surface area contributed by atoms with Gasteiger partial charge in [-0.25, -0.2) is 19.4 Å². The number of carbonyl (C=O) groups excluding carboxylic acids is 2. The van der Waals surface area contributed by atoms with Gasteiger partial charge in [0.05, 0.1) is 12.0 Å². The Hall–Kier alpha value is -3.55. The van der Waals surface area contributed by atoms with Gasteiger partial charge in [0.1, 0.15) is 18.8 Å². The van der Waals surface area contributed by atoms with E-state index in [-0.39, 0.29) is 24.8 Å². The lowest BCUT2D eigenvalue weighted by Crippen LogP contribution is -2.25. The Kier molecular flexibility index (Phi) is 4.14. The molecule has 1 atom stereocenters. The smallest absolute Gasteiger partial charge is 0.339 e. The lowest BCUT2D eigenvalue weighted by atomic mass is 10.0. The Balaban J connectivity index is 1.42. The maximum absolute atomic E-state index is 12.3. The topological polar surface area (TPSA) is 99.0 Å². The predicted molar refractivity (Wildman–Crippen MR) is 90.2 cm³/mol. The van der Waals surface area contributed by atoms with Crippen molar-refractivity contribution in [2.24, 2.45) is 0 Å². The van der Waals surface area contributed by atoms with Crippen LogP contribution in [0.15, 0.2) is 55.2 Å². The summed E-state index contributed by atoms with van der Waals surface area (Å²) < 4.78 is 6.84. The van der Waals surface area contributed by atoms with Crippen molar-refractivity contribution in [3.8, 4) is 5.82 Å². The molecule has 0 unspecified atom stereocenters. The highest BCUT2D eigenvalue weighted by Crippen LogP contribution is 2.32. The van der Waals surface area contributed by atoms with Crippen molar-refractivity contribution in [2.45, 2.75) is 19.1 Å². The lowest BCUT2D eigenvalue weighted by molar-refractivity contribution is -0.123. The Bertz CT molecular complexity index is 955. The number of fused-ring (bicyclic) bond motifs is 1. The summed E-state index contributed by atoms with van der Waals surface area (Å²) in [4.78, 5) is 32.4. The average Bonchev–Trinajstić information content (AvgIpc) is 3.30. The number of ether oxygens (including phenoxy) is 1. The third kappa shape index (κ3) is 3.04. The summed E-state index contributed by atoms with van der Waals surface area (Å²) in [6, 6.07) is 10.8. The van der Waals surface area contributed by atoms with E-state index in [1.807, 2.05) is 18.2 Å². The van der Waals surface area contributed by atoms with E-state index in [0.29, 0.717) is 11.4 Å². The quantitative estimate of drug-likeness (QED) is 0.702. The van der Waals surface area contributed by atoms with Gasteiger partial charge in [0, 0.05) is 23.9 Å². The average molecular weight is 349 g/mol. The monoisotopic (exact) mass is 349 g/mol. The number of amides is 1. The Morgan fingerprint density at radius 3 is 2.96 bits per heavy atom. The molecule has 0 saturated heterocycles. The first-order chi connectivity index (χ1) is 12.7. The van der Waals surface area contributed by atoms with Crippen LogP contribution in [-0.4, -0.2) is 31.6 Å². The molecule has 1 N–H and O–H groups in total. The van der Waals surface area contributed by atoms with E-state index in [1.165, 1.54) is 11.0 Å². The fraction of sp³-hybridized carbons (Fsp3) is 0.167. The van der Waals surface area contributed by atoms with E-state index in [2.05, 4.69) is 20.4 Å². The van der Waals surface area contributed by atoms with Gasteiger partial charge in [-0.1, -0.05) is 24.3 Å². The fourth-order valence-corrected chi connectivity index (χ4v) is 2.90. The number of pyridine rings is 1. The van der Waals surface area contributed by atoms with Crippen molar-refractivity contribution in [3.63, 3.8) is 0 Å². The van der Waals surface area contributed by atoms with E-state index in [1.54, 1.807) is 30.7 Å². The van der Waals surface area contributed by atoms with Gasteiger partial charge in [-0.3, -0.25) is 4.79 Å². The Morgan fingerprint density at radius 1 is 1.23 bits per heavy atom. The summed E-state index contributed by atoms with van der Waals surface area (Å²) in [6.07, 6.45) is 4.13. The van der Waals surface area contributed by atoms with Crippen LogP contribution in [-0.2, 0) is 16.1 Å². The number of esters is 1. The molecule has 2 aromatic heterocycles. The molecule has 1 amide bonds. The van der Waals surface area contributed by atoms with Crippen molar-refractivity contribution < 1.29 is 14.3 Å². The molecule has 1 aliphatic rings. The predicted octanol–water partition coefficient (Wildman–Crippen LogP) is 1.58. The van der Waals surface area contributed by atoms with Gasteiger partial charge in [0.15, 0.2) is 5.82 Å². The maximum atomic E-state index is 12.3. The van der Waals surface area contributed by atoms with Crippen molar-refractivity contribution in [1.29, 1.82) is 0 Å². The number of hydrogen-bond acceptors (Lipinski definition) is 6. The molecular formula is C18H15N5O3. The first-order valence-electron chi connectivity index (χ1n) is 8.08. The van der Waals surface area contributed by atoms with Crippen LogP contribution in [0.2, 0.25) is 0 Å². The summed E-state index contributed by atoms with van der Waals surface area (Å²) in [5, 5.41) is 6.91. The molecule has 3 heterocycles. The molecule has 26 heavy (non-hydrogen) atoms. The van der Waals surface area contributed by atoms with Crippen LogP contribution < -0.4 is 5.32 Å². The van der Waals surface area contributed by atoms with Crippen LogP contribution in [0.4, 0.5) is 0 Å². The molecule has 4 rings (SSSR count). The van der Waals surface area contributed by atoms with Gasteiger partial charge in [0.2, 0.25) is 5.91 Å². The number of aromatic nitrogens is 4. The standard InChI is InChI=1S/C18H15N5O3/c24-16(8-15-13-5-1-2-6-14(13)18(25)26-15)21-9-12-4-3-7-20-17(12)23-11-19-10-22-23/h1-7,10-11,15H,8-9H2,(H,21,24)/t15-/m0/s1. The molecule has 3 aromatic rings. The highest BCUT2D eigenvalue weighted by Gasteiger charge is 2.31. The molecular weight excluding hydrogens is 334 g/mol. The number of nitrogens with one attached hydrogen (secondary N) is 1. The molecule has 0 fully saturated rings. The van der Waals surface area contributed by atoms with Gasteiger partial charge in [-0.15, -0.1) is 0 Å². The highest BCUT2D eigenvalue weighted by atomic mass is 16.5. The minimum Gasteiger partial charge on any atom is -0.453 e. The van der Waals surface area contributed by atoms with Crippen LogP contribution >= 0.6 is 0 Å². The summed E-state index contributed by atoms with van der Waals surface area (Å²) in [6.45, 7) is 0.282. The zero-order valence-corrected chi connectivity index (χ0v) is 13.7. The van der Waals surface area contributed by atoms with Gasteiger partial charge >= 0.3 is 5.97 Å². The third-order valence-electron chi connectivity index (χ3n) is 4.13. The first kappa shape index (κ1) is 15.9. The SMILES string of the molecule is O=C(C[C@@H]1OC(=O)c2ccccc21)NCc1cccnc1-n1cncn1. The maximum Gasteiger partial charge on any atom is 0.339 e. The molecule has 8 nitrogen and oxygen atoms in total. The number of benzene rings is 1. The van der Waals surface area contributed by atoms with Gasteiger partial charge in [0.25, 0.3) is 0 Å². The zero-order valence-electron chi connectivity index (χ0n) is 13.7. The Labute approximate surface area is 148 Å². The van der Waals surface area contributed by atoms with Crippen molar-refractivity contribution in [3.05, 3.63) is 71.9 Å². The second kappa shape index (κ2) is 6.75. The van der Waals surface area contributed by atoms with Crippen LogP contribution in [0.3, 0.4) is 0 Å². The second-order valence-corrected chi connectivity index (χ2v) is 5.79. The summed E-state index contributed by atoms with van der Waals surface area (Å²) in [5.41, 5.74) is 2.07. The van der Waals surface area contributed by atoms with Crippen molar-refractivity contribution >= 4 is 11.9 Å². The molecule has 1 aromatic carbocycles. The fourth-order valence-electron chi connectivity index (χ4n) is 2.90. The molecule has 0 spiro atoms. The normalized spacial score (nSPS) is 15.4. The number of rotatable bonds is 5. The number of nitrogens with zero attached hydrogens (tertiary/aromatic N) is 4. The summed E-state index contributed by atoms with van der Waals surface area (Å²) >= 11 is 0. The molecule has 0 saturated carbocycles. The van der Waals surface area contributed by atoms with Crippen LogP contribution in [0.5, 0.6) is 0 Å². The van der Waals surface area contributed by atoms with Gasteiger partial charge < -0.3 is 10.1 Å². The molecule has 130 valence electrons. The van der Waals surface area contributed by atoms with Crippen molar-refractivity contribution in [1.82, 2.24) is 25.1 Å². The van der Waals surface area contributed by atoms with E-state index < -0.39 is 6.10 Å². The molecule has 0 bridgehead atoms. The largest absolute Gasteiger partial charge is 0.453 e. The number of hydrogen-bond donors (Lipinski definition) is 1. The zero-order chi connectivity index (χ0) is 17.9. The van der Waals surface area contributed by atoms with Gasteiger partial charge in [-0.05, 0) is 12.1 Å². The number of carbonyl (C=O) groups is 2. The first-order valence-corrected chi connectivity index (χ1v) is 8.08. The molecule has 1 aliphatic heterocycles. The third-order valence-corrected chi connectivity index (χ3v) is 4.13. The highest BCUT2D eigenvalue weighted by molar-refractivity contribution is 5.94. The van der Waals surface area contributed by atoms with E-state index in [0.717, 1.165) is 11.1 Å². The minimum atomic E-state index is -0.553. The molecule has 0 radical (unpaired) electrons. The van der Waals surface area contributed by atoms with E-state index >= 15 is 0 Å². The summed E-state index contributed by atoms with van der Waals surface area (Å²) in [5.74, 6) is -0.00466. The van der Waals surface area contributed by atoms with E-state index in [4.69, 9.17) is 4.74 Å². The van der Waals surface area contributed by atoms with E-state index in [9.17, 15) is 9.59 Å². The Morgan fingerprint density at radius 2 is 2.12 bits per heavy atom. The van der Waals surface area contributed by atoms with Crippen LogP contribution in [0.1, 0.15) is 34.0 Å². The molecule has 8 heteroatoms. The summed E-state index contributed by atoms with van der Waals surface area (Å²) in [7, 11) is 0. The van der Waals surface area contributed by atoms with Crippen LogP contribution in [0, 0.1) is 0 Å². The second-order valence-electron chi connectivity index (χ2n) is 5.79. The lowest BCUT2D eigenvalue weighted by Gasteiger charge is -2.12. The van der Waals surface area contributed by atoms with Crippen LogP contribution in [0.25, 0.3) is 5.82 Å². The van der Waals surface area contributed by atoms with Crippen molar-refractivity contribution in [2.75, 3.05) is 0 Å². The molecule has 0 aliphatic carbocycles.